The van der Waals surface area contributed by atoms with Crippen LogP contribution in [0.1, 0.15) is 49.0 Å². The smallest absolute Gasteiger partial charge is 0.320 e. The van der Waals surface area contributed by atoms with Gasteiger partial charge in [-0.3, -0.25) is 0 Å². The van der Waals surface area contributed by atoms with Crippen molar-refractivity contribution >= 4 is 17.4 Å². The van der Waals surface area contributed by atoms with Crippen LogP contribution in [0.5, 0.6) is 5.06 Å². The van der Waals surface area contributed by atoms with E-state index in [0.29, 0.717) is 0 Å². The molecule has 4 heterocycles. The lowest BCUT2D eigenvalue weighted by Crippen LogP contribution is -2.43. The van der Waals surface area contributed by atoms with Crippen molar-refractivity contribution in [1.29, 1.82) is 0 Å². The predicted octanol–water partition coefficient (Wildman–Crippen LogP) is 3.58. The number of hydrogen-bond donors (Lipinski definition) is 0. The standard InChI is InChI=1S/C20H31N3O2S/c24-20(22-11-4-5-12-22)23-13-7-17-15-19(26-18(17)16-23)25-14-6-10-21-8-2-1-3-9-21/h15H,1-14,16H2. The van der Waals surface area contributed by atoms with Crippen molar-refractivity contribution in [3.63, 3.8) is 0 Å². The van der Waals surface area contributed by atoms with Crippen molar-refractivity contribution in [2.75, 3.05) is 45.9 Å². The number of urea groups is 1. The molecule has 4 rings (SSSR count). The highest BCUT2D eigenvalue weighted by molar-refractivity contribution is 7.14. The van der Waals surface area contributed by atoms with Gasteiger partial charge < -0.3 is 19.4 Å². The van der Waals surface area contributed by atoms with Gasteiger partial charge in [-0.1, -0.05) is 6.42 Å². The number of fused-ring (bicyclic) bond motifs is 1. The fraction of sp³-hybridized carbons (Fsp3) is 0.750. The number of amides is 2. The van der Waals surface area contributed by atoms with Gasteiger partial charge in [0.1, 0.15) is 0 Å². The Morgan fingerprint density at radius 2 is 1.77 bits per heavy atom. The van der Waals surface area contributed by atoms with E-state index in [1.165, 1.54) is 42.8 Å². The molecule has 0 bridgehead atoms. The zero-order valence-corrected chi connectivity index (χ0v) is 16.6. The van der Waals surface area contributed by atoms with Crippen LogP contribution in [-0.2, 0) is 13.0 Å². The number of piperidine rings is 1. The fourth-order valence-corrected chi connectivity index (χ4v) is 5.38. The molecule has 1 aromatic rings. The Kier molecular flexibility index (Phi) is 6.00. The van der Waals surface area contributed by atoms with Gasteiger partial charge in [0.2, 0.25) is 0 Å². The molecule has 2 saturated heterocycles. The summed E-state index contributed by atoms with van der Waals surface area (Å²) in [5.74, 6) is 0. The molecule has 0 N–H and O–H groups in total. The highest BCUT2D eigenvalue weighted by Gasteiger charge is 2.28. The summed E-state index contributed by atoms with van der Waals surface area (Å²) < 4.78 is 6.02. The summed E-state index contributed by atoms with van der Waals surface area (Å²) in [6, 6.07) is 2.43. The van der Waals surface area contributed by atoms with Gasteiger partial charge in [-0.25, -0.2) is 4.79 Å². The molecule has 0 atom stereocenters. The van der Waals surface area contributed by atoms with Crippen LogP contribution < -0.4 is 4.74 Å². The second-order valence-electron chi connectivity index (χ2n) is 7.77. The number of ether oxygens (including phenoxy) is 1. The van der Waals surface area contributed by atoms with E-state index in [9.17, 15) is 4.79 Å². The monoisotopic (exact) mass is 377 g/mol. The van der Waals surface area contributed by atoms with E-state index >= 15 is 0 Å². The average Bonchev–Trinajstić information content (AvgIpc) is 3.34. The van der Waals surface area contributed by atoms with Crippen molar-refractivity contribution in [2.24, 2.45) is 0 Å². The summed E-state index contributed by atoms with van der Waals surface area (Å²) in [4.78, 5) is 20.5. The second kappa shape index (κ2) is 8.61. The van der Waals surface area contributed by atoms with E-state index in [1.807, 2.05) is 9.80 Å². The molecule has 2 fully saturated rings. The van der Waals surface area contributed by atoms with Crippen LogP contribution in [-0.4, -0.2) is 66.6 Å². The molecule has 0 radical (unpaired) electrons. The predicted molar refractivity (Wildman–Crippen MR) is 105 cm³/mol. The summed E-state index contributed by atoms with van der Waals surface area (Å²) in [6.07, 6.45) is 8.46. The van der Waals surface area contributed by atoms with Crippen LogP contribution in [0.3, 0.4) is 0 Å². The van der Waals surface area contributed by atoms with E-state index in [1.54, 1.807) is 11.3 Å². The highest BCUT2D eigenvalue weighted by atomic mass is 32.1. The van der Waals surface area contributed by atoms with Gasteiger partial charge in [0.05, 0.1) is 13.2 Å². The van der Waals surface area contributed by atoms with Crippen LogP contribution in [0.4, 0.5) is 4.79 Å². The molecule has 3 aliphatic heterocycles. The lowest BCUT2D eigenvalue weighted by atomic mass is 10.1. The zero-order chi connectivity index (χ0) is 17.8. The molecular weight excluding hydrogens is 346 g/mol. The van der Waals surface area contributed by atoms with Crippen molar-refractivity contribution in [3.05, 3.63) is 16.5 Å². The molecule has 5 nitrogen and oxygen atoms in total. The van der Waals surface area contributed by atoms with Crippen molar-refractivity contribution in [3.8, 4) is 5.06 Å². The van der Waals surface area contributed by atoms with Gasteiger partial charge in [-0.2, -0.15) is 0 Å². The lowest BCUT2D eigenvalue weighted by molar-refractivity contribution is 0.158. The van der Waals surface area contributed by atoms with Crippen molar-refractivity contribution in [2.45, 2.75) is 51.5 Å². The first-order chi connectivity index (χ1) is 12.8. The maximum absolute atomic E-state index is 12.6. The summed E-state index contributed by atoms with van der Waals surface area (Å²) >= 11 is 1.74. The minimum Gasteiger partial charge on any atom is -0.484 e. The van der Waals surface area contributed by atoms with Crippen LogP contribution in [0.15, 0.2) is 6.07 Å². The molecule has 144 valence electrons. The number of thiophene rings is 1. The summed E-state index contributed by atoms with van der Waals surface area (Å²) in [6.45, 7) is 7.92. The minimum atomic E-state index is 0.227. The largest absolute Gasteiger partial charge is 0.484 e. The zero-order valence-electron chi connectivity index (χ0n) is 15.8. The Hall–Kier alpha value is -1.27. The summed E-state index contributed by atoms with van der Waals surface area (Å²) in [5.41, 5.74) is 1.38. The van der Waals surface area contributed by atoms with Crippen molar-refractivity contribution < 1.29 is 9.53 Å². The molecule has 1 aromatic heterocycles. The minimum absolute atomic E-state index is 0.227. The number of carbonyl (C=O) groups is 1. The van der Waals surface area contributed by atoms with Gasteiger partial charge in [0.15, 0.2) is 5.06 Å². The van der Waals surface area contributed by atoms with E-state index in [4.69, 9.17) is 4.74 Å². The molecule has 26 heavy (non-hydrogen) atoms. The molecule has 6 heteroatoms. The first-order valence-corrected chi connectivity index (χ1v) is 11.1. The Bertz CT molecular complexity index is 606. The Labute approximate surface area is 160 Å². The normalized spacial score (nSPS) is 21.1. The Balaban J connectivity index is 1.24. The van der Waals surface area contributed by atoms with E-state index in [-0.39, 0.29) is 6.03 Å². The number of nitrogens with zero attached hydrogens (tertiary/aromatic N) is 3. The second-order valence-corrected chi connectivity index (χ2v) is 8.87. The van der Waals surface area contributed by atoms with Crippen LogP contribution in [0.25, 0.3) is 0 Å². The topological polar surface area (TPSA) is 36.0 Å². The SMILES string of the molecule is O=C(N1CCCC1)N1CCc2cc(OCCCN3CCCCC3)sc2C1. The van der Waals surface area contributed by atoms with Gasteiger partial charge in [-0.15, -0.1) is 11.3 Å². The number of carbonyl (C=O) groups excluding carboxylic acids is 1. The maximum Gasteiger partial charge on any atom is 0.320 e. The van der Waals surface area contributed by atoms with Gasteiger partial charge >= 0.3 is 6.03 Å². The quantitative estimate of drug-likeness (QED) is 0.736. The molecule has 2 amide bonds. The Morgan fingerprint density at radius 3 is 2.58 bits per heavy atom. The molecule has 0 aliphatic carbocycles. The molecule has 3 aliphatic rings. The number of rotatable bonds is 5. The van der Waals surface area contributed by atoms with Crippen molar-refractivity contribution in [1.82, 2.24) is 14.7 Å². The Morgan fingerprint density at radius 1 is 1.00 bits per heavy atom. The molecule has 0 aromatic carbocycles. The van der Waals surface area contributed by atoms with E-state index in [0.717, 1.165) is 70.1 Å². The van der Waals surface area contributed by atoms with Crippen LogP contribution >= 0.6 is 11.3 Å². The lowest BCUT2D eigenvalue weighted by Gasteiger charge is -2.30. The average molecular weight is 378 g/mol. The fourth-order valence-electron chi connectivity index (χ4n) is 4.28. The molecule has 0 saturated carbocycles. The third kappa shape index (κ3) is 4.34. The number of likely N-dealkylation sites (tertiary alicyclic amines) is 2. The third-order valence-electron chi connectivity index (χ3n) is 5.82. The first-order valence-electron chi connectivity index (χ1n) is 10.3. The first kappa shape index (κ1) is 18.1. The molecule has 0 spiro atoms. The van der Waals surface area contributed by atoms with E-state index in [2.05, 4.69) is 11.0 Å². The van der Waals surface area contributed by atoms with E-state index < -0.39 is 0 Å². The summed E-state index contributed by atoms with van der Waals surface area (Å²) in [5, 5.41) is 1.03. The van der Waals surface area contributed by atoms with Crippen LogP contribution in [0, 0.1) is 0 Å². The highest BCUT2D eigenvalue weighted by Crippen LogP contribution is 2.34. The maximum atomic E-state index is 12.6. The summed E-state index contributed by atoms with van der Waals surface area (Å²) in [7, 11) is 0. The molecule has 0 unspecified atom stereocenters. The number of hydrogen-bond acceptors (Lipinski definition) is 4. The van der Waals surface area contributed by atoms with Gasteiger partial charge in [0.25, 0.3) is 0 Å². The molecular formula is C20H31N3O2S. The van der Waals surface area contributed by atoms with Gasteiger partial charge in [0, 0.05) is 31.1 Å². The van der Waals surface area contributed by atoms with Crippen LogP contribution in [0.2, 0.25) is 0 Å². The third-order valence-corrected chi connectivity index (χ3v) is 6.89. The van der Waals surface area contributed by atoms with Gasteiger partial charge in [-0.05, 0) is 63.2 Å².